The van der Waals surface area contributed by atoms with Crippen LogP contribution in [0.25, 0.3) is 0 Å². The lowest BCUT2D eigenvalue weighted by Crippen LogP contribution is -2.33. The predicted molar refractivity (Wildman–Crippen MR) is 118 cm³/mol. The summed E-state index contributed by atoms with van der Waals surface area (Å²) in [5, 5.41) is 11.3. The van der Waals surface area contributed by atoms with Gasteiger partial charge in [0.2, 0.25) is 11.0 Å². The fourth-order valence-corrected chi connectivity index (χ4v) is 3.00. The maximum Gasteiger partial charge on any atom is 0.415 e. The van der Waals surface area contributed by atoms with Gasteiger partial charge in [-0.05, 0) is 30.9 Å². The van der Waals surface area contributed by atoms with E-state index in [0.717, 1.165) is 16.7 Å². The van der Waals surface area contributed by atoms with Crippen LogP contribution in [0, 0.1) is 10.1 Å². The number of nitrogens with zero attached hydrogens (tertiary/aromatic N) is 4. The topological polar surface area (TPSA) is 125 Å². The van der Waals surface area contributed by atoms with Gasteiger partial charge in [-0.2, -0.15) is 4.98 Å². The third-order valence-corrected chi connectivity index (χ3v) is 4.41. The highest BCUT2D eigenvalue weighted by Crippen LogP contribution is 2.35. The Bertz CT molecular complexity index is 944. The minimum Gasteiger partial charge on any atom is -0.465 e. The van der Waals surface area contributed by atoms with Crippen molar-refractivity contribution in [2.75, 3.05) is 24.9 Å². The zero-order valence-electron chi connectivity index (χ0n) is 17.7. The molecule has 0 aliphatic rings. The van der Waals surface area contributed by atoms with Gasteiger partial charge in [0.1, 0.15) is 0 Å². The summed E-state index contributed by atoms with van der Waals surface area (Å²) < 4.78 is 9.73. The van der Waals surface area contributed by atoms with E-state index in [1.165, 1.54) is 13.2 Å². The number of rotatable bonds is 7. The van der Waals surface area contributed by atoms with Crippen molar-refractivity contribution in [2.24, 2.45) is 0 Å². The summed E-state index contributed by atoms with van der Waals surface area (Å²) in [5.74, 6) is -0.864. The SMILES string of the molecule is CC.CCOC(=O)N(Cc1cccc(C(=O)OC)c1)c1nc(SC)nc(Cl)c1[N+](=O)[O-]. The highest BCUT2D eigenvalue weighted by Gasteiger charge is 2.32. The molecule has 0 aliphatic heterocycles. The lowest BCUT2D eigenvalue weighted by atomic mass is 10.1. The van der Waals surface area contributed by atoms with Crippen molar-refractivity contribution in [1.82, 2.24) is 9.97 Å². The first-order chi connectivity index (χ1) is 14.8. The number of methoxy groups -OCH3 is 1. The number of carbonyl (C=O) groups is 2. The first-order valence-electron chi connectivity index (χ1n) is 9.19. The molecule has 0 atom stereocenters. The van der Waals surface area contributed by atoms with Crippen molar-refractivity contribution < 1.29 is 24.0 Å². The van der Waals surface area contributed by atoms with Crippen LogP contribution >= 0.6 is 23.4 Å². The molecular weight excluding hydrogens is 448 g/mol. The van der Waals surface area contributed by atoms with E-state index >= 15 is 0 Å². The normalized spacial score (nSPS) is 9.87. The molecule has 0 aliphatic carbocycles. The van der Waals surface area contributed by atoms with Crippen molar-refractivity contribution in [3.63, 3.8) is 0 Å². The molecule has 10 nitrogen and oxygen atoms in total. The molecule has 0 spiro atoms. The summed E-state index contributed by atoms with van der Waals surface area (Å²) in [6.45, 7) is 5.48. The monoisotopic (exact) mass is 470 g/mol. The van der Waals surface area contributed by atoms with E-state index in [0.29, 0.717) is 5.56 Å². The quantitative estimate of drug-likeness (QED) is 0.141. The van der Waals surface area contributed by atoms with Crippen molar-refractivity contribution in [1.29, 1.82) is 0 Å². The van der Waals surface area contributed by atoms with Gasteiger partial charge in [-0.3, -0.25) is 15.0 Å². The molecule has 12 heteroatoms. The van der Waals surface area contributed by atoms with Crippen LogP contribution in [-0.2, 0) is 16.0 Å². The molecule has 0 radical (unpaired) electrons. The standard InChI is InChI=1S/C17H17ClN4O6S.C2H6/c1-4-28-17(24)21(9-10-6-5-7-11(8-10)15(23)27-2)14-12(22(25)26)13(18)19-16(20-14)29-3;1-2/h5-8H,4,9H2,1-3H3;1-2H3. The van der Waals surface area contributed by atoms with Gasteiger partial charge in [0.15, 0.2) is 5.16 Å². The molecule has 0 fully saturated rings. The molecule has 2 rings (SSSR count). The number of hydrogen-bond donors (Lipinski definition) is 0. The molecule has 168 valence electrons. The zero-order valence-corrected chi connectivity index (χ0v) is 19.3. The third-order valence-electron chi connectivity index (χ3n) is 3.60. The number of ether oxygens (including phenoxy) is 2. The second-order valence-electron chi connectivity index (χ2n) is 5.41. The van der Waals surface area contributed by atoms with Crippen LogP contribution in [0.3, 0.4) is 0 Å². The van der Waals surface area contributed by atoms with E-state index in [2.05, 4.69) is 14.7 Å². The van der Waals surface area contributed by atoms with Crippen LogP contribution in [0.15, 0.2) is 29.4 Å². The number of hydrogen-bond acceptors (Lipinski definition) is 9. The first kappa shape index (κ1) is 26.1. The summed E-state index contributed by atoms with van der Waals surface area (Å²) in [7, 11) is 1.25. The molecule has 1 amide bonds. The van der Waals surface area contributed by atoms with Crippen molar-refractivity contribution >= 4 is 46.9 Å². The van der Waals surface area contributed by atoms with Gasteiger partial charge >= 0.3 is 17.7 Å². The van der Waals surface area contributed by atoms with E-state index in [1.807, 2.05) is 13.8 Å². The van der Waals surface area contributed by atoms with Gasteiger partial charge < -0.3 is 9.47 Å². The Morgan fingerprint density at radius 1 is 1.29 bits per heavy atom. The molecule has 0 saturated carbocycles. The van der Waals surface area contributed by atoms with Gasteiger partial charge in [-0.15, -0.1) is 0 Å². The number of esters is 1. The third kappa shape index (κ3) is 6.79. The van der Waals surface area contributed by atoms with Crippen LogP contribution in [-0.4, -0.2) is 46.9 Å². The van der Waals surface area contributed by atoms with E-state index in [-0.39, 0.29) is 29.7 Å². The average Bonchev–Trinajstić information content (AvgIpc) is 2.77. The Morgan fingerprint density at radius 2 is 1.97 bits per heavy atom. The average molecular weight is 471 g/mol. The van der Waals surface area contributed by atoms with Gasteiger partial charge in [-0.25, -0.2) is 14.6 Å². The van der Waals surface area contributed by atoms with E-state index < -0.39 is 27.8 Å². The summed E-state index contributed by atoms with van der Waals surface area (Å²) in [6, 6.07) is 6.28. The Kier molecular flexibility index (Phi) is 10.7. The minimum atomic E-state index is -0.860. The highest BCUT2D eigenvalue weighted by atomic mass is 35.5. The number of nitro groups is 1. The number of amides is 1. The smallest absolute Gasteiger partial charge is 0.415 e. The number of thioether (sulfide) groups is 1. The maximum atomic E-state index is 12.6. The molecule has 2 aromatic rings. The number of halogens is 1. The number of aromatic nitrogens is 2. The largest absolute Gasteiger partial charge is 0.465 e. The van der Waals surface area contributed by atoms with Gasteiger partial charge in [0.05, 0.1) is 30.7 Å². The second-order valence-corrected chi connectivity index (χ2v) is 6.54. The van der Waals surface area contributed by atoms with Crippen molar-refractivity contribution in [3.8, 4) is 0 Å². The van der Waals surface area contributed by atoms with Gasteiger partial charge in [-0.1, -0.05) is 49.3 Å². The molecule has 0 saturated heterocycles. The Hall–Kier alpha value is -2.92. The molecule has 1 aromatic carbocycles. The summed E-state index contributed by atoms with van der Waals surface area (Å²) >= 11 is 7.08. The Labute approximate surface area is 189 Å². The molecule has 0 bridgehead atoms. The van der Waals surface area contributed by atoms with Crippen LogP contribution in [0.5, 0.6) is 0 Å². The summed E-state index contributed by atoms with van der Waals surface area (Å²) in [6.07, 6.45) is 0.802. The molecule has 1 aromatic heterocycles. The fourth-order valence-electron chi connectivity index (χ4n) is 2.36. The number of carbonyl (C=O) groups excluding carboxylic acids is 2. The van der Waals surface area contributed by atoms with Crippen LogP contribution in [0.4, 0.5) is 16.3 Å². The molecule has 0 N–H and O–H groups in total. The molecule has 0 unspecified atom stereocenters. The van der Waals surface area contributed by atoms with Crippen LogP contribution in [0.2, 0.25) is 5.15 Å². The van der Waals surface area contributed by atoms with E-state index in [9.17, 15) is 19.7 Å². The fraction of sp³-hybridized carbons (Fsp3) is 0.368. The Balaban J connectivity index is 0.00000233. The van der Waals surface area contributed by atoms with Crippen LogP contribution in [0.1, 0.15) is 36.7 Å². The maximum absolute atomic E-state index is 12.6. The van der Waals surface area contributed by atoms with Crippen molar-refractivity contribution in [3.05, 3.63) is 50.7 Å². The molecular formula is C19H23ClN4O6S. The summed E-state index contributed by atoms with van der Waals surface area (Å²) in [5.41, 5.74) is 0.131. The van der Waals surface area contributed by atoms with Crippen LogP contribution < -0.4 is 4.90 Å². The zero-order chi connectivity index (χ0) is 23.6. The Morgan fingerprint density at radius 3 is 2.52 bits per heavy atom. The second kappa shape index (κ2) is 12.7. The van der Waals surface area contributed by atoms with E-state index in [1.54, 1.807) is 31.4 Å². The lowest BCUT2D eigenvalue weighted by molar-refractivity contribution is -0.384. The lowest BCUT2D eigenvalue weighted by Gasteiger charge is -2.21. The van der Waals surface area contributed by atoms with E-state index in [4.69, 9.17) is 16.3 Å². The highest BCUT2D eigenvalue weighted by molar-refractivity contribution is 7.98. The van der Waals surface area contributed by atoms with Gasteiger partial charge in [0.25, 0.3) is 0 Å². The number of anilines is 1. The molecule has 31 heavy (non-hydrogen) atoms. The predicted octanol–water partition coefficient (Wildman–Crippen LogP) is 4.74. The summed E-state index contributed by atoms with van der Waals surface area (Å²) in [4.78, 5) is 44.1. The molecule has 1 heterocycles. The first-order valence-corrected chi connectivity index (χ1v) is 10.8. The van der Waals surface area contributed by atoms with Crippen molar-refractivity contribution in [2.45, 2.75) is 32.5 Å². The van der Waals surface area contributed by atoms with Gasteiger partial charge in [0, 0.05) is 0 Å². The minimum absolute atomic E-state index is 0.0412. The number of benzene rings is 1.